The van der Waals surface area contributed by atoms with E-state index >= 15 is 0 Å². The molecule has 1 amide bonds. The van der Waals surface area contributed by atoms with Gasteiger partial charge >= 0.3 is 0 Å². The Morgan fingerprint density at radius 3 is 3.05 bits per heavy atom. The van der Waals surface area contributed by atoms with Crippen LogP contribution in [-0.2, 0) is 4.79 Å². The molecule has 0 bridgehead atoms. The lowest BCUT2D eigenvalue weighted by atomic mass is 9.99. The first-order valence-electron chi connectivity index (χ1n) is 7.54. The van der Waals surface area contributed by atoms with Crippen LogP contribution in [0.3, 0.4) is 0 Å². The second kappa shape index (κ2) is 8.00. The monoisotopic (exact) mass is 291 g/mol. The van der Waals surface area contributed by atoms with Crippen molar-refractivity contribution < 1.29 is 9.53 Å². The van der Waals surface area contributed by atoms with E-state index in [0.717, 1.165) is 43.9 Å². The molecular formula is C16H25N3O2. The molecule has 21 heavy (non-hydrogen) atoms. The van der Waals surface area contributed by atoms with Crippen molar-refractivity contribution in [2.75, 3.05) is 45.7 Å². The quantitative estimate of drug-likeness (QED) is 0.835. The lowest BCUT2D eigenvalue weighted by molar-refractivity contribution is -0.120. The molecule has 1 atom stereocenters. The second-order valence-electron chi connectivity index (χ2n) is 5.71. The highest BCUT2D eigenvalue weighted by atomic mass is 16.5. The van der Waals surface area contributed by atoms with Gasteiger partial charge in [0.15, 0.2) is 0 Å². The van der Waals surface area contributed by atoms with Gasteiger partial charge in [0.2, 0.25) is 5.91 Å². The molecule has 1 aliphatic rings. The summed E-state index contributed by atoms with van der Waals surface area (Å²) < 4.78 is 5.68. The summed E-state index contributed by atoms with van der Waals surface area (Å²) in [5, 5.41) is 6.24. The molecule has 1 unspecified atom stereocenters. The second-order valence-corrected chi connectivity index (χ2v) is 5.71. The first-order chi connectivity index (χ1) is 10.1. The van der Waals surface area contributed by atoms with Crippen molar-refractivity contribution in [3.8, 4) is 5.75 Å². The van der Waals surface area contributed by atoms with Crippen LogP contribution in [0.25, 0.3) is 0 Å². The van der Waals surface area contributed by atoms with E-state index in [1.807, 2.05) is 38.4 Å². The van der Waals surface area contributed by atoms with E-state index in [0.29, 0.717) is 6.61 Å². The van der Waals surface area contributed by atoms with Crippen LogP contribution in [0, 0.1) is 5.92 Å². The van der Waals surface area contributed by atoms with Gasteiger partial charge in [-0.25, -0.2) is 0 Å². The molecule has 1 aromatic carbocycles. The average Bonchev–Trinajstić information content (AvgIpc) is 2.48. The van der Waals surface area contributed by atoms with Gasteiger partial charge < -0.3 is 20.3 Å². The Bertz CT molecular complexity index is 457. The van der Waals surface area contributed by atoms with E-state index in [2.05, 4.69) is 15.5 Å². The highest BCUT2D eigenvalue weighted by Crippen LogP contribution is 2.19. The molecule has 5 heteroatoms. The first kappa shape index (κ1) is 15.8. The molecule has 0 aromatic heterocycles. The van der Waals surface area contributed by atoms with E-state index in [1.165, 1.54) is 0 Å². The summed E-state index contributed by atoms with van der Waals surface area (Å²) in [6, 6.07) is 7.59. The minimum Gasteiger partial charge on any atom is -0.492 e. The van der Waals surface area contributed by atoms with Gasteiger partial charge in [-0.3, -0.25) is 4.79 Å². The van der Waals surface area contributed by atoms with Crippen LogP contribution in [-0.4, -0.2) is 51.1 Å². The fraction of sp³-hybridized carbons (Fsp3) is 0.562. The summed E-state index contributed by atoms with van der Waals surface area (Å²) in [7, 11) is 4.02. The summed E-state index contributed by atoms with van der Waals surface area (Å²) in [6.07, 6.45) is 2.02. The SMILES string of the molecule is CN(C)CCOc1cccc(NC(=O)C2CCCNC2)c1. The van der Waals surface area contributed by atoms with Crippen LogP contribution in [0.2, 0.25) is 0 Å². The van der Waals surface area contributed by atoms with Crippen molar-refractivity contribution in [3.63, 3.8) is 0 Å². The Morgan fingerprint density at radius 1 is 1.48 bits per heavy atom. The number of ether oxygens (including phenoxy) is 1. The van der Waals surface area contributed by atoms with Crippen molar-refractivity contribution in [1.29, 1.82) is 0 Å². The van der Waals surface area contributed by atoms with Gasteiger partial charge in [-0.05, 0) is 45.6 Å². The summed E-state index contributed by atoms with van der Waals surface area (Å²) >= 11 is 0. The number of hydrogen-bond acceptors (Lipinski definition) is 4. The highest BCUT2D eigenvalue weighted by molar-refractivity contribution is 5.92. The third kappa shape index (κ3) is 5.36. The highest BCUT2D eigenvalue weighted by Gasteiger charge is 2.20. The zero-order valence-corrected chi connectivity index (χ0v) is 12.9. The van der Waals surface area contributed by atoms with Gasteiger partial charge in [0, 0.05) is 24.8 Å². The van der Waals surface area contributed by atoms with Crippen molar-refractivity contribution in [2.45, 2.75) is 12.8 Å². The molecule has 5 nitrogen and oxygen atoms in total. The van der Waals surface area contributed by atoms with Crippen molar-refractivity contribution in [3.05, 3.63) is 24.3 Å². The predicted octanol–water partition coefficient (Wildman–Crippen LogP) is 1.57. The summed E-state index contributed by atoms with van der Waals surface area (Å²) in [5.41, 5.74) is 0.799. The topological polar surface area (TPSA) is 53.6 Å². The minimum absolute atomic E-state index is 0.0667. The fourth-order valence-corrected chi connectivity index (χ4v) is 2.33. The van der Waals surface area contributed by atoms with Crippen molar-refractivity contribution >= 4 is 11.6 Å². The Balaban J connectivity index is 1.86. The normalized spacial score (nSPS) is 18.5. The maximum atomic E-state index is 12.2. The molecule has 116 valence electrons. The molecule has 1 fully saturated rings. The van der Waals surface area contributed by atoms with Gasteiger partial charge in [0.25, 0.3) is 0 Å². The molecule has 1 aromatic rings. The minimum atomic E-state index is 0.0667. The number of anilines is 1. The molecule has 0 spiro atoms. The van der Waals surface area contributed by atoms with Crippen LogP contribution in [0.4, 0.5) is 5.69 Å². The van der Waals surface area contributed by atoms with E-state index < -0.39 is 0 Å². The van der Waals surface area contributed by atoms with Gasteiger partial charge in [0.05, 0.1) is 5.92 Å². The van der Waals surface area contributed by atoms with Crippen LogP contribution >= 0.6 is 0 Å². The van der Waals surface area contributed by atoms with E-state index in [1.54, 1.807) is 0 Å². The summed E-state index contributed by atoms with van der Waals surface area (Å²) in [6.45, 7) is 3.28. The van der Waals surface area contributed by atoms with Crippen molar-refractivity contribution in [1.82, 2.24) is 10.2 Å². The van der Waals surface area contributed by atoms with Gasteiger partial charge in [-0.15, -0.1) is 0 Å². The Labute approximate surface area is 126 Å². The number of carbonyl (C=O) groups excluding carboxylic acids is 1. The van der Waals surface area contributed by atoms with Crippen molar-refractivity contribution in [2.24, 2.45) is 5.92 Å². The standard InChI is InChI=1S/C16H25N3O2/c1-19(2)9-10-21-15-7-3-6-14(11-15)18-16(20)13-5-4-8-17-12-13/h3,6-7,11,13,17H,4-5,8-10,12H2,1-2H3,(H,18,20). The molecule has 2 N–H and O–H groups in total. The van der Waals surface area contributed by atoms with E-state index in [4.69, 9.17) is 4.74 Å². The van der Waals surface area contributed by atoms with E-state index in [-0.39, 0.29) is 11.8 Å². The zero-order chi connectivity index (χ0) is 15.1. The van der Waals surface area contributed by atoms with Crippen LogP contribution < -0.4 is 15.4 Å². The average molecular weight is 291 g/mol. The third-order valence-electron chi connectivity index (χ3n) is 3.58. The largest absolute Gasteiger partial charge is 0.492 e. The molecule has 0 saturated carbocycles. The molecule has 2 rings (SSSR count). The molecule has 0 aliphatic carbocycles. The first-order valence-corrected chi connectivity index (χ1v) is 7.54. The predicted molar refractivity (Wildman–Crippen MR) is 84.7 cm³/mol. The lowest BCUT2D eigenvalue weighted by Gasteiger charge is -2.22. The number of amides is 1. The number of nitrogens with one attached hydrogen (secondary N) is 2. The number of carbonyl (C=O) groups is 1. The van der Waals surface area contributed by atoms with Gasteiger partial charge in [-0.1, -0.05) is 6.07 Å². The number of nitrogens with zero attached hydrogens (tertiary/aromatic N) is 1. The van der Waals surface area contributed by atoms with E-state index in [9.17, 15) is 4.79 Å². The lowest BCUT2D eigenvalue weighted by Crippen LogP contribution is -2.37. The molecule has 1 saturated heterocycles. The van der Waals surface area contributed by atoms with Crippen LogP contribution in [0.1, 0.15) is 12.8 Å². The van der Waals surface area contributed by atoms with Crippen LogP contribution in [0.5, 0.6) is 5.75 Å². The Kier molecular flexibility index (Phi) is 6.02. The summed E-state index contributed by atoms with van der Waals surface area (Å²) in [5.74, 6) is 0.945. The van der Waals surface area contributed by atoms with Gasteiger partial charge in [0.1, 0.15) is 12.4 Å². The number of hydrogen-bond donors (Lipinski definition) is 2. The Hall–Kier alpha value is -1.59. The zero-order valence-electron chi connectivity index (χ0n) is 12.9. The fourth-order valence-electron chi connectivity index (χ4n) is 2.33. The number of benzene rings is 1. The Morgan fingerprint density at radius 2 is 2.33 bits per heavy atom. The van der Waals surface area contributed by atoms with Gasteiger partial charge in [-0.2, -0.15) is 0 Å². The third-order valence-corrected chi connectivity index (χ3v) is 3.58. The smallest absolute Gasteiger partial charge is 0.228 e. The number of likely N-dealkylation sites (N-methyl/N-ethyl adjacent to an activating group) is 1. The molecular weight excluding hydrogens is 266 g/mol. The molecule has 1 heterocycles. The number of rotatable bonds is 6. The maximum Gasteiger partial charge on any atom is 0.228 e. The molecule has 1 aliphatic heterocycles. The summed E-state index contributed by atoms with van der Waals surface area (Å²) in [4.78, 5) is 14.3. The maximum absolute atomic E-state index is 12.2. The number of piperidine rings is 1. The molecule has 0 radical (unpaired) electrons. The van der Waals surface area contributed by atoms with Crippen LogP contribution in [0.15, 0.2) is 24.3 Å².